The van der Waals surface area contributed by atoms with Crippen molar-refractivity contribution in [1.29, 1.82) is 0 Å². The highest BCUT2D eigenvalue weighted by Gasteiger charge is 2.12. The van der Waals surface area contributed by atoms with Gasteiger partial charge in [0, 0.05) is 0 Å². The van der Waals surface area contributed by atoms with Crippen LogP contribution in [0.15, 0.2) is 27.1 Å². The maximum atomic E-state index is 10.7. The van der Waals surface area contributed by atoms with Crippen molar-refractivity contribution in [3.63, 3.8) is 0 Å². The number of nitrogens with zero attached hydrogens (tertiary/aromatic N) is 1. The summed E-state index contributed by atoms with van der Waals surface area (Å²) < 4.78 is 5.87. The number of benzene rings is 1. The van der Waals surface area contributed by atoms with Gasteiger partial charge in [0.05, 0.1) is 4.47 Å². The van der Waals surface area contributed by atoms with E-state index in [4.69, 9.17) is 16.0 Å². The van der Waals surface area contributed by atoms with E-state index in [0.29, 0.717) is 11.1 Å². The Kier molecular flexibility index (Phi) is 2.09. The van der Waals surface area contributed by atoms with Gasteiger partial charge in [0.25, 0.3) is 5.89 Å². The molecule has 0 saturated heterocycles. The minimum absolute atomic E-state index is 0.0800. The molecule has 0 aliphatic carbocycles. The monoisotopic (exact) mass is 259 g/mol. The summed E-state index contributed by atoms with van der Waals surface area (Å²) in [5.74, 6) is -0.0800. The first-order valence-electron chi connectivity index (χ1n) is 3.43. The summed E-state index contributed by atoms with van der Waals surface area (Å²) in [6, 6.07) is 5.35. The van der Waals surface area contributed by atoms with Crippen molar-refractivity contribution in [2.45, 2.75) is 0 Å². The molecule has 2 aromatic rings. The highest BCUT2D eigenvalue weighted by Crippen LogP contribution is 2.24. The molecule has 3 nitrogen and oxygen atoms in total. The number of hydrogen-bond acceptors (Lipinski definition) is 3. The Labute approximate surface area is 86.8 Å². The predicted octanol–water partition coefficient (Wildman–Crippen LogP) is 2.97. The van der Waals surface area contributed by atoms with Crippen LogP contribution >= 0.6 is 27.5 Å². The van der Waals surface area contributed by atoms with Crippen molar-refractivity contribution in [1.82, 2.24) is 4.98 Å². The predicted molar refractivity (Wildman–Crippen MR) is 51.9 cm³/mol. The third-order valence-electron chi connectivity index (χ3n) is 1.54. The first-order chi connectivity index (χ1) is 6.18. The number of carbonyl (C=O) groups is 1. The standard InChI is InChI=1S/C8H3BrClNO2/c9-4-2-1-3-5-6(4)13-8(11-5)7(10)12/h1-3H. The quantitative estimate of drug-likeness (QED) is 0.740. The van der Waals surface area contributed by atoms with E-state index in [9.17, 15) is 4.79 Å². The summed E-state index contributed by atoms with van der Waals surface area (Å²) >= 11 is 8.49. The van der Waals surface area contributed by atoms with Gasteiger partial charge >= 0.3 is 5.24 Å². The summed E-state index contributed by atoms with van der Waals surface area (Å²) in [5.41, 5.74) is 1.14. The Morgan fingerprint density at radius 2 is 2.31 bits per heavy atom. The molecule has 0 radical (unpaired) electrons. The number of carbonyl (C=O) groups excluding carboxylic acids is 1. The maximum Gasteiger partial charge on any atom is 0.307 e. The van der Waals surface area contributed by atoms with Gasteiger partial charge in [-0.2, -0.15) is 0 Å². The van der Waals surface area contributed by atoms with Gasteiger partial charge in [-0.15, -0.1) is 0 Å². The van der Waals surface area contributed by atoms with Gasteiger partial charge in [-0.1, -0.05) is 6.07 Å². The van der Waals surface area contributed by atoms with E-state index in [1.807, 2.05) is 0 Å². The molecular weight excluding hydrogens is 257 g/mol. The molecule has 1 aromatic heterocycles. The SMILES string of the molecule is O=C(Cl)c1nc2cccc(Br)c2o1. The first kappa shape index (κ1) is 8.72. The van der Waals surface area contributed by atoms with E-state index in [1.165, 1.54) is 0 Å². The van der Waals surface area contributed by atoms with Crippen LogP contribution in [0, 0.1) is 0 Å². The van der Waals surface area contributed by atoms with Crippen LogP contribution in [0.5, 0.6) is 0 Å². The molecule has 0 aliphatic heterocycles. The largest absolute Gasteiger partial charge is 0.432 e. The second kappa shape index (κ2) is 3.12. The number of oxazole rings is 1. The average molecular weight is 260 g/mol. The van der Waals surface area contributed by atoms with Gasteiger partial charge in [-0.25, -0.2) is 4.98 Å². The summed E-state index contributed by atoms with van der Waals surface area (Å²) in [5, 5.41) is -0.692. The van der Waals surface area contributed by atoms with E-state index in [0.717, 1.165) is 4.47 Å². The van der Waals surface area contributed by atoms with Crippen LogP contribution in [-0.4, -0.2) is 10.2 Å². The number of rotatable bonds is 1. The fourth-order valence-electron chi connectivity index (χ4n) is 1.000. The first-order valence-corrected chi connectivity index (χ1v) is 4.60. The number of fused-ring (bicyclic) bond motifs is 1. The Bertz CT molecular complexity index is 480. The van der Waals surface area contributed by atoms with Gasteiger partial charge in [-0.3, -0.25) is 4.79 Å². The zero-order chi connectivity index (χ0) is 9.42. The molecule has 1 aromatic carbocycles. The average Bonchev–Trinajstić information content (AvgIpc) is 2.49. The minimum Gasteiger partial charge on any atom is -0.432 e. The molecule has 0 aliphatic rings. The lowest BCUT2D eigenvalue weighted by Crippen LogP contribution is -1.85. The van der Waals surface area contributed by atoms with Crippen molar-refractivity contribution in [2.24, 2.45) is 0 Å². The highest BCUT2D eigenvalue weighted by atomic mass is 79.9. The topological polar surface area (TPSA) is 43.1 Å². The molecule has 13 heavy (non-hydrogen) atoms. The molecule has 0 spiro atoms. The number of halogens is 2. The number of para-hydroxylation sites is 1. The fraction of sp³-hybridized carbons (Fsp3) is 0. The third kappa shape index (κ3) is 1.47. The van der Waals surface area contributed by atoms with Crippen LogP contribution in [0.1, 0.15) is 10.7 Å². The maximum absolute atomic E-state index is 10.7. The number of hydrogen-bond donors (Lipinski definition) is 0. The summed E-state index contributed by atoms with van der Waals surface area (Å²) in [6.45, 7) is 0. The minimum atomic E-state index is -0.692. The lowest BCUT2D eigenvalue weighted by atomic mass is 10.3. The molecule has 0 fully saturated rings. The van der Waals surface area contributed by atoms with Gasteiger partial charge in [0.1, 0.15) is 5.52 Å². The number of aromatic nitrogens is 1. The zero-order valence-corrected chi connectivity index (χ0v) is 8.59. The Hall–Kier alpha value is -0.870. The van der Waals surface area contributed by atoms with E-state index < -0.39 is 5.24 Å². The van der Waals surface area contributed by atoms with Gasteiger partial charge in [0.15, 0.2) is 5.58 Å². The zero-order valence-electron chi connectivity index (χ0n) is 6.25. The Morgan fingerprint density at radius 3 is 2.92 bits per heavy atom. The van der Waals surface area contributed by atoms with Crippen molar-refractivity contribution in [3.05, 3.63) is 28.6 Å². The smallest absolute Gasteiger partial charge is 0.307 e. The highest BCUT2D eigenvalue weighted by molar-refractivity contribution is 9.10. The van der Waals surface area contributed by atoms with E-state index in [2.05, 4.69) is 20.9 Å². The van der Waals surface area contributed by atoms with Crippen molar-refractivity contribution in [2.75, 3.05) is 0 Å². The van der Waals surface area contributed by atoms with Crippen LogP contribution in [0.25, 0.3) is 11.1 Å². The molecule has 0 saturated carbocycles. The van der Waals surface area contributed by atoms with E-state index >= 15 is 0 Å². The van der Waals surface area contributed by atoms with Gasteiger partial charge < -0.3 is 4.42 Å². The van der Waals surface area contributed by atoms with Crippen LogP contribution in [0.2, 0.25) is 0 Å². The lowest BCUT2D eigenvalue weighted by molar-refractivity contribution is 0.105. The van der Waals surface area contributed by atoms with Crippen LogP contribution in [0.4, 0.5) is 0 Å². The normalized spacial score (nSPS) is 10.6. The molecule has 0 unspecified atom stereocenters. The molecule has 2 rings (SSSR count). The molecule has 0 N–H and O–H groups in total. The van der Waals surface area contributed by atoms with E-state index in [-0.39, 0.29) is 5.89 Å². The van der Waals surface area contributed by atoms with Crippen molar-refractivity contribution >= 4 is 43.9 Å². The Morgan fingerprint density at radius 1 is 1.54 bits per heavy atom. The molecule has 0 amide bonds. The van der Waals surface area contributed by atoms with Crippen LogP contribution in [-0.2, 0) is 0 Å². The summed E-state index contributed by atoms with van der Waals surface area (Å²) in [7, 11) is 0. The Balaban J connectivity index is 2.75. The van der Waals surface area contributed by atoms with E-state index in [1.54, 1.807) is 18.2 Å². The third-order valence-corrected chi connectivity index (χ3v) is 2.32. The molecular formula is C8H3BrClNO2. The van der Waals surface area contributed by atoms with Crippen LogP contribution < -0.4 is 0 Å². The second-order valence-corrected chi connectivity index (χ2v) is 3.58. The molecule has 0 atom stereocenters. The molecule has 1 heterocycles. The van der Waals surface area contributed by atoms with Gasteiger partial charge in [0.2, 0.25) is 0 Å². The van der Waals surface area contributed by atoms with Crippen molar-refractivity contribution < 1.29 is 9.21 Å². The van der Waals surface area contributed by atoms with Crippen LogP contribution in [0.3, 0.4) is 0 Å². The molecule has 66 valence electrons. The van der Waals surface area contributed by atoms with Gasteiger partial charge in [-0.05, 0) is 39.7 Å². The second-order valence-electron chi connectivity index (χ2n) is 2.38. The lowest BCUT2D eigenvalue weighted by Gasteiger charge is -1.87. The fourth-order valence-corrected chi connectivity index (χ4v) is 1.52. The summed E-state index contributed by atoms with van der Waals surface area (Å²) in [4.78, 5) is 14.6. The van der Waals surface area contributed by atoms with Crippen molar-refractivity contribution in [3.8, 4) is 0 Å². The molecule has 5 heteroatoms. The summed E-state index contributed by atoms with van der Waals surface area (Å²) in [6.07, 6.45) is 0. The molecule has 0 bridgehead atoms.